The predicted octanol–water partition coefficient (Wildman–Crippen LogP) is 4.71. The fourth-order valence-corrected chi connectivity index (χ4v) is 4.26. The first kappa shape index (κ1) is 26.4. The van der Waals surface area contributed by atoms with E-state index in [2.05, 4.69) is 37.0 Å². The normalized spacial score (nSPS) is 15.1. The molecule has 0 saturated heterocycles. The van der Waals surface area contributed by atoms with Gasteiger partial charge in [-0.3, -0.25) is 0 Å². The molecular formula is C26H26Cl2N6O3. The Balaban J connectivity index is 0.000000173. The van der Waals surface area contributed by atoms with Crippen LogP contribution in [0.3, 0.4) is 0 Å². The van der Waals surface area contributed by atoms with Gasteiger partial charge in [-0.15, -0.1) is 0 Å². The number of hydrogen-bond donors (Lipinski definition) is 2. The minimum absolute atomic E-state index is 0.0457. The Morgan fingerprint density at radius 3 is 2.30 bits per heavy atom. The molecule has 9 nitrogen and oxygen atoms in total. The first-order chi connectivity index (χ1) is 17.9. The fourth-order valence-electron chi connectivity index (χ4n) is 4.00. The van der Waals surface area contributed by atoms with Crippen molar-refractivity contribution in [3.63, 3.8) is 0 Å². The molecule has 0 amide bonds. The first-order valence-electron chi connectivity index (χ1n) is 11.4. The number of benzene rings is 2. The van der Waals surface area contributed by atoms with E-state index in [9.17, 15) is 10.2 Å². The van der Waals surface area contributed by atoms with Gasteiger partial charge >= 0.3 is 0 Å². The number of ether oxygens (including phenoxy) is 1. The first-order valence-corrected chi connectivity index (χ1v) is 12.2. The molecule has 5 rings (SSSR count). The van der Waals surface area contributed by atoms with Crippen LogP contribution in [0, 0.1) is 0 Å². The lowest BCUT2D eigenvalue weighted by Crippen LogP contribution is -2.34. The molecule has 2 aromatic carbocycles. The van der Waals surface area contributed by atoms with Crippen LogP contribution in [0.5, 0.6) is 11.5 Å². The van der Waals surface area contributed by atoms with Crippen molar-refractivity contribution in [2.75, 3.05) is 37.1 Å². The van der Waals surface area contributed by atoms with Gasteiger partial charge in [-0.25, -0.2) is 9.97 Å². The zero-order chi connectivity index (χ0) is 26.4. The highest BCUT2D eigenvalue weighted by Crippen LogP contribution is 2.36. The number of anilines is 2. The van der Waals surface area contributed by atoms with E-state index in [4.69, 9.17) is 27.9 Å². The largest absolute Gasteiger partial charge is 0.503 e. The summed E-state index contributed by atoms with van der Waals surface area (Å²) in [6.07, 6.45) is 2.85. The topological polar surface area (TPSA) is 108 Å². The maximum Gasteiger partial charge on any atom is 0.224 e. The number of nitrogens with zero attached hydrogens (tertiary/aromatic N) is 6. The minimum atomic E-state index is -0.321. The van der Waals surface area contributed by atoms with Gasteiger partial charge in [-0.2, -0.15) is 9.97 Å². The predicted molar refractivity (Wildman–Crippen MR) is 144 cm³/mol. The highest BCUT2D eigenvalue weighted by molar-refractivity contribution is 6.28. The fraction of sp³-hybridized carbons (Fsp3) is 0.231. The second kappa shape index (κ2) is 12.1. The quantitative estimate of drug-likeness (QED) is 0.348. The van der Waals surface area contributed by atoms with Gasteiger partial charge in [-0.1, -0.05) is 60.7 Å². The van der Waals surface area contributed by atoms with Crippen LogP contribution in [-0.2, 0) is 0 Å². The van der Waals surface area contributed by atoms with E-state index < -0.39 is 0 Å². The van der Waals surface area contributed by atoms with Gasteiger partial charge in [-0.05, 0) is 34.3 Å². The Hall–Kier alpha value is -3.66. The van der Waals surface area contributed by atoms with Crippen LogP contribution in [0.15, 0.2) is 73.1 Å². The van der Waals surface area contributed by atoms with Crippen molar-refractivity contribution >= 4 is 34.8 Å². The Kier molecular flexibility index (Phi) is 8.60. The summed E-state index contributed by atoms with van der Waals surface area (Å²) >= 11 is 11.6. The molecule has 1 aliphatic heterocycles. The average molecular weight is 541 g/mol. The van der Waals surface area contributed by atoms with Gasteiger partial charge in [0.2, 0.25) is 10.6 Å². The van der Waals surface area contributed by atoms with Crippen LogP contribution in [0.25, 0.3) is 0 Å². The highest BCUT2D eigenvalue weighted by Gasteiger charge is 2.27. The standard InChI is InChI=1S/C13H14ClN3O2.C13H12ClN3O/c1-17(12-11(19)7-15-13(14)16-12)10(8-18)9-5-3-2-4-6-9;1-17-10(9-5-3-2-4-6-9)8-18-11-7-15-13(14)16-12(11)17/h2-7,10,18-19H,8H2,1H3;2-7,10H,8H2,1H3/t2*10-/m11/s1. The van der Waals surface area contributed by atoms with Crippen molar-refractivity contribution in [2.45, 2.75) is 12.1 Å². The van der Waals surface area contributed by atoms with Gasteiger partial charge < -0.3 is 24.7 Å². The zero-order valence-electron chi connectivity index (χ0n) is 20.2. The van der Waals surface area contributed by atoms with Gasteiger partial charge in [0.25, 0.3) is 0 Å². The molecule has 0 spiro atoms. The van der Waals surface area contributed by atoms with Crippen molar-refractivity contribution < 1.29 is 14.9 Å². The summed E-state index contributed by atoms with van der Waals surface area (Å²) in [7, 11) is 3.72. The SMILES string of the molecule is CN(c1nc(Cl)ncc1O)[C@H](CO)c1ccccc1.CN1c2nc(Cl)ncc2OC[C@@H]1c1ccccc1. The van der Waals surface area contributed by atoms with Gasteiger partial charge in [0.1, 0.15) is 6.61 Å². The van der Waals surface area contributed by atoms with E-state index in [1.54, 1.807) is 18.1 Å². The maximum absolute atomic E-state index is 9.79. The summed E-state index contributed by atoms with van der Waals surface area (Å²) in [5.41, 5.74) is 2.11. The Morgan fingerprint density at radius 2 is 1.62 bits per heavy atom. The molecule has 11 heteroatoms. The molecule has 192 valence electrons. The maximum atomic E-state index is 9.79. The summed E-state index contributed by atoms with van der Waals surface area (Å²) in [5, 5.41) is 19.6. The molecule has 3 heterocycles. The number of rotatable bonds is 5. The summed E-state index contributed by atoms with van der Waals surface area (Å²) in [4.78, 5) is 19.6. The van der Waals surface area contributed by atoms with E-state index in [1.165, 1.54) is 11.8 Å². The Bertz CT molecular complexity index is 1320. The lowest BCUT2D eigenvalue weighted by molar-refractivity contribution is 0.263. The summed E-state index contributed by atoms with van der Waals surface area (Å²) in [6.45, 7) is 0.472. The van der Waals surface area contributed by atoms with Crippen molar-refractivity contribution in [1.82, 2.24) is 19.9 Å². The number of aliphatic hydroxyl groups is 1. The third kappa shape index (κ3) is 6.19. The van der Waals surface area contributed by atoms with Crippen LogP contribution >= 0.6 is 23.2 Å². The number of hydrogen-bond acceptors (Lipinski definition) is 9. The van der Waals surface area contributed by atoms with E-state index in [0.29, 0.717) is 12.4 Å². The summed E-state index contributed by atoms with van der Waals surface area (Å²) in [5.74, 6) is 1.60. The van der Waals surface area contributed by atoms with Gasteiger partial charge in [0.15, 0.2) is 23.1 Å². The van der Waals surface area contributed by atoms with Crippen molar-refractivity contribution in [3.05, 3.63) is 94.8 Å². The lowest BCUT2D eigenvalue weighted by atomic mass is 10.1. The van der Waals surface area contributed by atoms with Crippen LogP contribution in [0.2, 0.25) is 10.6 Å². The van der Waals surface area contributed by atoms with E-state index in [1.807, 2.05) is 55.6 Å². The number of aromatic nitrogens is 4. The molecular weight excluding hydrogens is 515 g/mol. The third-order valence-electron chi connectivity index (χ3n) is 5.97. The minimum Gasteiger partial charge on any atom is -0.503 e. The van der Waals surface area contributed by atoms with Crippen molar-refractivity contribution in [3.8, 4) is 11.5 Å². The van der Waals surface area contributed by atoms with Crippen molar-refractivity contribution in [2.24, 2.45) is 0 Å². The van der Waals surface area contributed by atoms with Crippen LogP contribution in [-0.4, -0.2) is 57.5 Å². The van der Waals surface area contributed by atoms with Crippen molar-refractivity contribution in [1.29, 1.82) is 0 Å². The third-order valence-corrected chi connectivity index (χ3v) is 6.33. The number of fused-ring (bicyclic) bond motifs is 1. The number of likely N-dealkylation sites (N-methyl/N-ethyl adjacent to an activating group) is 2. The van der Waals surface area contributed by atoms with Gasteiger partial charge in [0.05, 0.1) is 31.1 Å². The molecule has 0 saturated carbocycles. The Labute approximate surface area is 224 Å². The van der Waals surface area contributed by atoms with Crippen LogP contribution < -0.4 is 14.5 Å². The average Bonchev–Trinajstić information content (AvgIpc) is 2.92. The molecule has 37 heavy (non-hydrogen) atoms. The molecule has 2 atom stereocenters. The molecule has 2 aromatic heterocycles. The summed E-state index contributed by atoms with van der Waals surface area (Å²) in [6, 6.07) is 19.5. The molecule has 0 radical (unpaired) electrons. The van der Waals surface area contributed by atoms with Gasteiger partial charge in [0, 0.05) is 14.1 Å². The number of aliphatic hydroxyl groups excluding tert-OH is 1. The number of halogens is 2. The highest BCUT2D eigenvalue weighted by atomic mass is 35.5. The smallest absolute Gasteiger partial charge is 0.224 e. The molecule has 0 fully saturated rings. The zero-order valence-corrected chi connectivity index (χ0v) is 21.8. The lowest BCUT2D eigenvalue weighted by Gasteiger charge is -2.34. The number of aromatic hydroxyl groups is 1. The second-order valence-corrected chi connectivity index (χ2v) is 8.92. The van der Waals surface area contributed by atoms with E-state index in [0.717, 1.165) is 11.4 Å². The van der Waals surface area contributed by atoms with Crippen LogP contribution in [0.4, 0.5) is 11.6 Å². The Morgan fingerprint density at radius 1 is 1.00 bits per heavy atom. The second-order valence-electron chi connectivity index (χ2n) is 8.24. The molecule has 0 unspecified atom stereocenters. The molecule has 1 aliphatic rings. The van der Waals surface area contributed by atoms with E-state index in [-0.39, 0.29) is 40.8 Å². The molecule has 0 aliphatic carbocycles. The molecule has 2 N–H and O–H groups in total. The van der Waals surface area contributed by atoms with Crippen LogP contribution in [0.1, 0.15) is 23.2 Å². The summed E-state index contributed by atoms with van der Waals surface area (Å²) < 4.78 is 5.69. The van der Waals surface area contributed by atoms with E-state index >= 15 is 0 Å². The monoisotopic (exact) mass is 540 g/mol. The molecule has 4 aromatic rings. The molecule has 0 bridgehead atoms.